The summed E-state index contributed by atoms with van der Waals surface area (Å²) in [5.41, 5.74) is 5.23. The average molecular weight is 465 g/mol. The van der Waals surface area contributed by atoms with Crippen molar-refractivity contribution in [2.75, 3.05) is 13.6 Å². The molecule has 0 aliphatic carbocycles. The van der Waals surface area contributed by atoms with Gasteiger partial charge in [0.1, 0.15) is 0 Å². The highest BCUT2D eigenvalue weighted by Gasteiger charge is 2.07. The first-order valence-electron chi connectivity index (χ1n) is 8.84. The predicted molar refractivity (Wildman–Crippen MR) is 120 cm³/mol. The molecule has 0 aliphatic heterocycles. The van der Waals surface area contributed by atoms with Crippen molar-refractivity contribution < 1.29 is 0 Å². The Bertz CT molecular complexity index is 862. The molecule has 0 saturated carbocycles. The lowest BCUT2D eigenvalue weighted by Gasteiger charge is -2.11. The number of fused-ring (bicyclic) bond motifs is 1. The first-order valence-corrected chi connectivity index (χ1v) is 8.84. The molecule has 0 radical (unpaired) electrons. The molecule has 1 aromatic carbocycles. The number of nitrogens with one attached hydrogen (secondary N) is 3. The molecule has 0 fully saturated rings. The molecule has 0 amide bonds. The number of aromatic amines is 1. The predicted octanol–water partition coefficient (Wildman–Crippen LogP) is 3.59. The lowest BCUT2D eigenvalue weighted by molar-refractivity contribution is 0.794. The third kappa shape index (κ3) is 4.81. The summed E-state index contributed by atoms with van der Waals surface area (Å²) >= 11 is 0. The van der Waals surface area contributed by atoms with Crippen molar-refractivity contribution in [3.8, 4) is 0 Å². The van der Waals surface area contributed by atoms with E-state index in [2.05, 4.69) is 75.0 Å². The van der Waals surface area contributed by atoms with Crippen LogP contribution in [0.5, 0.6) is 0 Å². The van der Waals surface area contributed by atoms with Crippen LogP contribution in [-0.2, 0) is 26.4 Å². The van der Waals surface area contributed by atoms with Crippen molar-refractivity contribution in [3.05, 3.63) is 59.5 Å². The van der Waals surface area contributed by atoms with Crippen LogP contribution < -0.4 is 10.6 Å². The van der Waals surface area contributed by atoms with Gasteiger partial charge in [-0.25, -0.2) is 0 Å². The van der Waals surface area contributed by atoms with Crippen molar-refractivity contribution in [1.29, 1.82) is 0 Å². The molecule has 3 aromatic rings. The van der Waals surface area contributed by atoms with E-state index in [-0.39, 0.29) is 24.0 Å². The summed E-state index contributed by atoms with van der Waals surface area (Å²) in [5.74, 6) is 0.831. The van der Waals surface area contributed by atoms with Gasteiger partial charge in [0.05, 0.1) is 0 Å². The van der Waals surface area contributed by atoms with Gasteiger partial charge in [-0.1, -0.05) is 25.1 Å². The molecular formula is C20H28IN5. The molecule has 6 heteroatoms. The van der Waals surface area contributed by atoms with Crippen molar-refractivity contribution in [1.82, 2.24) is 20.2 Å². The Morgan fingerprint density at radius 3 is 2.73 bits per heavy atom. The van der Waals surface area contributed by atoms with Gasteiger partial charge in [-0.15, -0.1) is 24.0 Å². The fraction of sp³-hybridized carbons (Fsp3) is 0.350. The van der Waals surface area contributed by atoms with E-state index in [1.807, 2.05) is 7.05 Å². The molecule has 0 saturated heterocycles. The van der Waals surface area contributed by atoms with E-state index >= 15 is 0 Å². The molecule has 0 spiro atoms. The molecular weight excluding hydrogens is 437 g/mol. The number of H-pyrrole nitrogens is 1. The van der Waals surface area contributed by atoms with Gasteiger partial charge in [-0.3, -0.25) is 4.99 Å². The summed E-state index contributed by atoms with van der Waals surface area (Å²) in [6.45, 7) is 3.81. The second-order valence-electron chi connectivity index (χ2n) is 6.29. The summed E-state index contributed by atoms with van der Waals surface area (Å²) < 4.78 is 2.05. The number of hydrogen-bond acceptors (Lipinski definition) is 1. The van der Waals surface area contributed by atoms with Crippen molar-refractivity contribution in [2.24, 2.45) is 12.0 Å². The van der Waals surface area contributed by atoms with E-state index in [0.717, 1.165) is 31.9 Å². The largest absolute Gasteiger partial charge is 0.361 e. The number of aromatic nitrogens is 2. The first-order chi connectivity index (χ1) is 12.2. The number of benzene rings is 1. The van der Waals surface area contributed by atoms with E-state index in [1.54, 1.807) is 7.05 Å². The average Bonchev–Trinajstić information content (AvgIpc) is 3.24. The summed E-state index contributed by atoms with van der Waals surface area (Å²) in [4.78, 5) is 7.73. The second kappa shape index (κ2) is 9.66. The van der Waals surface area contributed by atoms with E-state index < -0.39 is 0 Å². The minimum absolute atomic E-state index is 0. The van der Waals surface area contributed by atoms with Crippen molar-refractivity contribution in [2.45, 2.75) is 26.3 Å². The maximum atomic E-state index is 4.30. The van der Waals surface area contributed by atoms with Crippen LogP contribution in [0, 0.1) is 0 Å². The molecule has 0 aliphatic rings. The third-order valence-corrected chi connectivity index (χ3v) is 4.53. The van der Waals surface area contributed by atoms with E-state index in [4.69, 9.17) is 0 Å². The van der Waals surface area contributed by atoms with Crippen molar-refractivity contribution >= 4 is 40.8 Å². The first kappa shape index (κ1) is 20.4. The van der Waals surface area contributed by atoms with Gasteiger partial charge in [0.25, 0.3) is 0 Å². The van der Waals surface area contributed by atoms with E-state index in [9.17, 15) is 0 Å². The molecule has 5 nitrogen and oxygen atoms in total. The second-order valence-corrected chi connectivity index (χ2v) is 6.29. The van der Waals surface area contributed by atoms with Gasteiger partial charge in [0, 0.05) is 56.7 Å². The van der Waals surface area contributed by atoms with Crippen molar-refractivity contribution in [3.63, 3.8) is 0 Å². The van der Waals surface area contributed by atoms with Crippen LogP contribution in [0.3, 0.4) is 0 Å². The Morgan fingerprint density at radius 1 is 1.19 bits per heavy atom. The number of para-hydroxylation sites is 1. The molecule has 26 heavy (non-hydrogen) atoms. The maximum absolute atomic E-state index is 4.30. The Morgan fingerprint density at radius 2 is 2.04 bits per heavy atom. The minimum atomic E-state index is 0. The smallest absolute Gasteiger partial charge is 0.191 e. The van der Waals surface area contributed by atoms with E-state index in [1.165, 1.54) is 27.6 Å². The van der Waals surface area contributed by atoms with Gasteiger partial charge in [0.2, 0.25) is 0 Å². The Balaban J connectivity index is 0.00000243. The molecule has 3 rings (SSSR count). The van der Waals surface area contributed by atoms with E-state index in [0.29, 0.717) is 0 Å². The molecule has 0 atom stereocenters. The Kier molecular flexibility index (Phi) is 7.56. The lowest BCUT2D eigenvalue weighted by atomic mass is 10.1. The number of hydrogen-bond donors (Lipinski definition) is 3. The fourth-order valence-corrected chi connectivity index (χ4v) is 3.16. The zero-order valence-corrected chi connectivity index (χ0v) is 18.0. The maximum Gasteiger partial charge on any atom is 0.191 e. The zero-order valence-electron chi connectivity index (χ0n) is 15.7. The monoisotopic (exact) mass is 465 g/mol. The molecule has 140 valence electrons. The quantitative estimate of drug-likeness (QED) is 0.296. The number of nitrogens with zero attached hydrogens (tertiary/aromatic N) is 2. The zero-order chi connectivity index (χ0) is 17.6. The summed E-state index contributed by atoms with van der Waals surface area (Å²) in [6.07, 6.45) is 8.29. The van der Waals surface area contributed by atoms with Crippen LogP contribution in [0.2, 0.25) is 0 Å². The van der Waals surface area contributed by atoms with Gasteiger partial charge in [-0.05, 0) is 35.6 Å². The molecule has 3 N–H and O–H groups in total. The number of rotatable bonds is 6. The summed E-state index contributed by atoms with van der Waals surface area (Å²) in [6, 6.07) is 8.64. The Hall–Kier alpha value is -1.96. The minimum Gasteiger partial charge on any atom is -0.361 e. The van der Waals surface area contributed by atoms with Gasteiger partial charge < -0.3 is 20.2 Å². The fourth-order valence-electron chi connectivity index (χ4n) is 3.16. The highest BCUT2D eigenvalue weighted by Crippen LogP contribution is 2.22. The van der Waals surface area contributed by atoms with Crippen LogP contribution in [-0.4, -0.2) is 29.1 Å². The summed E-state index contributed by atoms with van der Waals surface area (Å²) in [5, 5.41) is 8.08. The van der Waals surface area contributed by atoms with Gasteiger partial charge >= 0.3 is 0 Å². The molecule has 0 bridgehead atoms. The van der Waals surface area contributed by atoms with Crippen LogP contribution in [0.4, 0.5) is 0 Å². The summed E-state index contributed by atoms with van der Waals surface area (Å²) in [7, 11) is 3.83. The molecule has 0 unspecified atom stereocenters. The molecule has 2 heterocycles. The highest BCUT2D eigenvalue weighted by atomic mass is 127. The third-order valence-electron chi connectivity index (χ3n) is 4.53. The van der Waals surface area contributed by atoms with Gasteiger partial charge in [0.15, 0.2) is 5.96 Å². The molecule has 2 aromatic heterocycles. The number of aryl methyl sites for hydroxylation is 2. The van der Waals surface area contributed by atoms with Crippen LogP contribution in [0.1, 0.15) is 23.6 Å². The van der Waals surface area contributed by atoms with Crippen LogP contribution in [0.25, 0.3) is 10.9 Å². The van der Waals surface area contributed by atoms with Gasteiger partial charge in [-0.2, -0.15) is 0 Å². The highest BCUT2D eigenvalue weighted by molar-refractivity contribution is 14.0. The van der Waals surface area contributed by atoms with Crippen LogP contribution in [0.15, 0.2) is 47.8 Å². The van der Waals surface area contributed by atoms with Crippen LogP contribution >= 0.6 is 24.0 Å². The number of aliphatic imine (C=N–C) groups is 1. The topological polar surface area (TPSA) is 57.1 Å². The lowest BCUT2D eigenvalue weighted by Crippen LogP contribution is -2.37. The normalized spacial score (nSPS) is 11.4. The number of halogens is 1. The number of guanidine groups is 1. The SMILES string of the molecule is CCc1cccc2c(CCNC(=NC)NCc3ccn(C)c3)c[nH]c12.I. The Labute approximate surface area is 172 Å². The standard InChI is InChI=1S/C20H27N5.HI/c1-4-16-6-5-7-18-17(13-23-19(16)18)8-10-22-20(21-2)24-12-15-9-11-25(3)14-15;/h5-7,9,11,13-14,23H,4,8,10,12H2,1-3H3,(H2,21,22,24);1H.